The van der Waals surface area contributed by atoms with Gasteiger partial charge in [0.05, 0.1) is 5.51 Å². The largest absolute Gasteiger partial charge is 0.253 e. The minimum atomic E-state index is 1.19. The van der Waals surface area contributed by atoms with Gasteiger partial charge in [0.15, 0.2) is 0 Å². The molecule has 0 saturated carbocycles. The van der Waals surface area contributed by atoms with Crippen LogP contribution in [0.5, 0.6) is 0 Å². The molecular formula is C16H15NS. The van der Waals surface area contributed by atoms with E-state index >= 15 is 0 Å². The standard InChI is InChI=1S/C16H15NS/c1-2-4-14(3-1)15-8-5-13(6-9-15)7-10-16-11-17-12-18-16/h3,5-12H,1-2,4H2/b10-7+. The second-order valence-corrected chi connectivity index (χ2v) is 5.40. The Morgan fingerprint density at radius 2 is 2.00 bits per heavy atom. The summed E-state index contributed by atoms with van der Waals surface area (Å²) in [6.07, 6.45) is 12.3. The summed E-state index contributed by atoms with van der Waals surface area (Å²) in [5.74, 6) is 0. The molecule has 0 spiro atoms. The fourth-order valence-corrected chi connectivity index (χ4v) is 2.74. The molecule has 2 heteroatoms. The van der Waals surface area contributed by atoms with E-state index in [1.54, 1.807) is 11.3 Å². The quantitative estimate of drug-likeness (QED) is 0.759. The maximum absolute atomic E-state index is 4.06. The molecule has 0 bridgehead atoms. The molecule has 0 radical (unpaired) electrons. The van der Waals surface area contributed by atoms with Gasteiger partial charge in [0.1, 0.15) is 0 Å². The summed E-state index contributed by atoms with van der Waals surface area (Å²) in [6.45, 7) is 0. The molecule has 1 aliphatic carbocycles. The van der Waals surface area contributed by atoms with E-state index in [2.05, 4.69) is 47.5 Å². The highest BCUT2D eigenvalue weighted by Gasteiger charge is 2.06. The fourth-order valence-electron chi connectivity index (χ4n) is 2.23. The molecule has 0 N–H and O–H groups in total. The Morgan fingerprint density at radius 1 is 1.11 bits per heavy atom. The molecule has 0 saturated heterocycles. The van der Waals surface area contributed by atoms with Gasteiger partial charge in [-0.3, -0.25) is 4.98 Å². The van der Waals surface area contributed by atoms with E-state index in [9.17, 15) is 0 Å². The van der Waals surface area contributed by atoms with Gasteiger partial charge in [-0.15, -0.1) is 11.3 Å². The van der Waals surface area contributed by atoms with Crippen molar-refractivity contribution in [1.29, 1.82) is 0 Å². The van der Waals surface area contributed by atoms with Crippen LogP contribution in [0.3, 0.4) is 0 Å². The van der Waals surface area contributed by atoms with Crippen molar-refractivity contribution in [2.75, 3.05) is 0 Å². The van der Waals surface area contributed by atoms with Crippen molar-refractivity contribution in [3.05, 3.63) is 58.1 Å². The number of aromatic nitrogens is 1. The summed E-state index contributed by atoms with van der Waals surface area (Å²) in [6, 6.07) is 8.82. The van der Waals surface area contributed by atoms with Gasteiger partial charge in [-0.25, -0.2) is 0 Å². The van der Waals surface area contributed by atoms with Gasteiger partial charge in [-0.2, -0.15) is 0 Å². The molecule has 0 amide bonds. The molecule has 1 aliphatic rings. The van der Waals surface area contributed by atoms with Crippen molar-refractivity contribution >= 4 is 29.1 Å². The van der Waals surface area contributed by atoms with Crippen molar-refractivity contribution in [1.82, 2.24) is 4.98 Å². The summed E-state index contributed by atoms with van der Waals surface area (Å²) in [4.78, 5) is 5.25. The molecule has 90 valence electrons. The van der Waals surface area contributed by atoms with Crippen LogP contribution in [0.2, 0.25) is 0 Å². The van der Waals surface area contributed by atoms with Crippen molar-refractivity contribution < 1.29 is 0 Å². The van der Waals surface area contributed by atoms with E-state index in [1.807, 2.05) is 11.7 Å². The highest BCUT2D eigenvalue weighted by atomic mass is 32.1. The first-order valence-corrected chi connectivity index (χ1v) is 7.16. The van der Waals surface area contributed by atoms with Gasteiger partial charge >= 0.3 is 0 Å². The van der Waals surface area contributed by atoms with Crippen LogP contribution >= 0.6 is 11.3 Å². The fraction of sp³-hybridized carbons (Fsp3) is 0.188. The number of rotatable bonds is 3. The lowest BCUT2D eigenvalue weighted by Gasteiger charge is -2.02. The molecule has 18 heavy (non-hydrogen) atoms. The Balaban J connectivity index is 1.75. The Kier molecular flexibility index (Phi) is 3.37. The molecule has 0 atom stereocenters. The molecule has 1 aromatic heterocycles. The van der Waals surface area contributed by atoms with E-state index in [-0.39, 0.29) is 0 Å². The average Bonchev–Trinajstić information content (AvgIpc) is 3.10. The van der Waals surface area contributed by atoms with Crippen molar-refractivity contribution in [3.8, 4) is 0 Å². The van der Waals surface area contributed by atoms with Gasteiger partial charge < -0.3 is 0 Å². The van der Waals surface area contributed by atoms with E-state index in [1.165, 1.54) is 40.8 Å². The molecule has 0 unspecified atom stereocenters. The van der Waals surface area contributed by atoms with Crippen molar-refractivity contribution in [2.24, 2.45) is 0 Å². The third-order valence-electron chi connectivity index (χ3n) is 3.21. The lowest BCUT2D eigenvalue weighted by molar-refractivity contribution is 0.935. The maximum atomic E-state index is 4.06. The second kappa shape index (κ2) is 5.32. The van der Waals surface area contributed by atoms with Crippen LogP contribution in [0.1, 0.15) is 35.3 Å². The molecule has 0 fully saturated rings. The summed E-state index contributed by atoms with van der Waals surface area (Å²) in [7, 11) is 0. The monoisotopic (exact) mass is 253 g/mol. The third kappa shape index (κ3) is 2.59. The number of benzene rings is 1. The Labute approximate surface area is 112 Å². The van der Waals surface area contributed by atoms with Crippen LogP contribution in [-0.2, 0) is 0 Å². The number of hydrogen-bond donors (Lipinski definition) is 0. The van der Waals surface area contributed by atoms with Gasteiger partial charge in [0, 0.05) is 11.1 Å². The van der Waals surface area contributed by atoms with Crippen LogP contribution in [0.25, 0.3) is 17.7 Å². The highest BCUT2D eigenvalue weighted by Crippen LogP contribution is 2.27. The molecule has 1 aromatic carbocycles. The molecule has 1 heterocycles. The lowest BCUT2D eigenvalue weighted by atomic mass is 10.0. The first-order chi connectivity index (χ1) is 8.92. The SMILES string of the molecule is C1=C(c2ccc(/C=C/c3cncs3)cc2)CCC1. The van der Waals surface area contributed by atoms with Crippen LogP contribution in [0.15, 0.2) is 42.0 Å². The summed E-state index contributed by atoms with van der Waals surface area (Å²) in [5, 5.41) is 0. The number of nitrogens with zero attached hydrogens (tertiary/aromatic N) is 1. The molecule has 3 rings (SSSR count). The van der Waals surface area contributed by atoms with E-state index in [0.29, 0.717) is 0 Å². The molecule has 0 aliphatic heterocycles. The van der Waals surface area contributed by atoms with Gasteiger partial charge in [-0.05, 0) is 42.0 Å². The van der Waals surface area contributed by atoms with Crippen molar-refractivity contribution in [2.45, 2.75) is 19.3 Å². The van der Waals surface area contributed by atoms with Gasteiger partial charge in [-0.1, -0.05) is 36.4 Å². The Hall–Kier alpha value is -1.67. The Morgan fingerprint density at radius 3 is 2.67 bits per heavy atom. The predicted molar refractivity (Wildman–Crippen MR) is 79.3 cm³/mol. The molecule has 1 nitrogen and oxygen atoms in total. The summed E-state index contributed by atoms with van der Waals surface area (Å²) < 4.78 is 0. The predicted octanol–water partition coefficient (Wildman–Crippen LogP) is 4.88. The second-order valence-electron chi connectivity index (χ2n) is 4.48. The molecule has 2 aromatic rings. The van der Waals surface area contributed by atoms with E-state index in [4.69, 9.17) is 0 Å². The molecular weight excluding hydrogens is 238 g/mol. The van der Waals surface area contributed by atoms with E-state index < -0.39 is 0 Å². The number of allylic oxidation sites excluding steroid dienone is 2. The van der Waals surface area contributed by atoms with Crippen LogP contribution in [-0.4, -0.2) is 4.98 Å². The summed E-state index contributed by atoms with van der Waals surface area (Å²) in [5.41, 5.74) is 5.98. The minimum absolute atomic E-state index is 1.19. The summed E-state index contributed by atoms with van der Waals surface area (Å²) >= 11 is 1.66. The number of thiazole rings is 1. The highest BCUT2D eigenvalue weighted by molar-refractivity contribution is 7.10. The average molecular weight is 253 g/mol. The Bertz CT molecular complexity index is 562. The van der Waals surface area contributed by atoms with Crippen molar-refractivity contribution in [3.63, 3.8) is 0 Å². The first kappa shape index (κ1) is 11.4. The van der Waals surface area contributed by atoms with Gasteiger partial charge in [0.25, 0.3) is 0 Å². The van der Waals surface area contributed by atoms with Crippen LogP contribution in [0.4, 0.5) is 0 Å². The third-order valence-corrected chi connectivity index (χ3v) is 3.95. The maximum Gasteiger partial charge on any atom is 0.0797 e. The first-order valence-electron chi connectivity index (χ1n) is 6.28. The normalized spacial score (nSPS) is 15.2. The smallest absolute Gasteiger partial charge is 0.0797 e. The van der Waals surface area contributed by atoms with E-state index in [0.717, 1.165) is 0 Å². The zero-order valence-corrected chi connectivity index (χ0v) is 11.0. The zero-order valence-electron chi connectivity index (χ0n) is 10.2. The number of hydrogen-bond acceptors (Lipinski definition) is 2. The van der Waals surface area contributed by atoms with Gasteiger partial charge in [0.2, 0.25) is 0 Å². The minimum Gasteiger partial charge on any atom is -0.253 e. The van der Waals surface area contributed by atoms with Crippen LogP contribution in [0, 0.1) is 0 Å². The zero-order chi connectivity index (χ0) is 12.2. The lowest BCUT2D eigenvalue weighted by Crippen LogP contribution is -1.80. The topological polar surface area (TPSA) is 12.9 Å². The van der Waals surface area contributed by atoms with Crippen LogP contribution < -0.4 is 0 Å².